The van der Waals surface area contributed by atoms with Crippen LogP contribution < -0.4 is 5.32 Å². The number of amides is 1. The summed E-state index contributed by atoms with van der Waals surface area (Å²) in [5.41, 5.74) is 2.85. The number of hydrogen-bond acceptors (Lipinski definition) is 3. The van der Waals surface area contributed by atoms with Gasteiger partial charge in [0.05, 0.1) is 5.92 Å². The van der Waals surface area contributed by atoms with Gasteiger partial charge in [0.2, 0.25) is 5.91 Å². The molecule has 0 aliphatic heterocycles. The summed E-state index contributed by atoms with van der Waals surface area (Å²) in [4.78, 5) is 24.8. The molecular weight excluding hydrogens is 362 g/mol. The molecule has 29 heavy (non-hydrogen) atoms. The third-order valence-electron chi connectivity index (χ3n) is 4.63. The standard InChI is InChI=1S/C25H25NO3/c27-23(29-19-20-11-4-1-5-12-20)17-10-18-26-25(28)24(21-13-6-2-7-14-21)22-15-8-3-9-16-22/h1-9,11-16,24H,10,17-19H2,(H,26,28). The first kappa shape index (κ1) is 20.3. The second kappa shape index (κ2) is 10.8. The molecule has 148 valence electrons. The SMILES string of the molecule is O=C(CCCNC(=O)C(c1ccccc1)c1ccccc1)OCc1ccccc1. The summed E-state index contributed by atoms with van der Waals surface area (Å²) >= 11 is 0. The minimum atomic E-state index is -0.373. The number of benzene rings is 3. The van der Waals surface area contributed by atoms with Gasteiger partial charge in [0.15, 0.2) is 0 Å². The van der Waals surface area contributed by atoms with E-state index in [9.17, 15) is 9.59 Å². The molecule has 0 saturated heterocycles. The van der Waals surface area contributed by atoms with E-state index in [1.165, 1.54) is 0 Å². The van der Waals surface area contributed by atoms with Crippen molar-refractivity contribution < 1.29 is 14.3 Å². The van der Waals surface area contributed by atoms with Crippen molar-refractivity contribution in [1.82, 2.24) is 5.32 Å². The lowest BCUT2D eigenvalue weighted by Gasteiger charge is -2.18. The first-order valence-corrected chi connectivity index (χ1v) is 9.81. The predicted octanol–water partition coefficient (Wildman–Crippen LogP) is 4.46. The highest BCUT2D eigenvalue weighted by atomic mass is 16.5. The topological polar surface area (TPSA) is 55.4 Å². The molecule has 1 N–H and O–H groups in total. The van der Waals surface area contributed by atoms with E-state index < -0.39 is 0 Å². The van der Waals surface area contributed by atoms with Gasteiger partial charge in [-0.3, -0.25) is 9.59 Å². The Hall–Kier alpha value is -3.40. The van der Waals surface area contributed by atoms with E-state index in [1.807, 2.05) is 91.0 Å². The third kappa shape index (κ3) is 6.32. The second-order valence-corrected chi connectivity index (χ2v) is 6.80. The molecule has 0 aliphatic carbocycles. The number of carbonyl (C=O) groups is 2. The van der Waals surface area contributed by atoms with Crippen LogP contribution in [-0.4, -0.2) is 18.4 Å². The van der Waals surface area contributed by atoms with Crippen molar-refractivity contribution in [3.63, 3.8) is 0 Å². The van der Waals surface area contributed by atoms with Crippen LogP contribution in [0.15, 0.2) is 91.0 Å². The molecule has 0 saturated carbocycles. The normalized spacial score (nSPS) is 10.5. The largest absolute Gasteiger partial charge is 0.461 e. The van der Waals surface area contributed by atoms with Gasteiger partial charge in [-0.1, -0.05) is 91.0 Å². The van der Waals surface area contributed by atoms with E-state index in [4.69, 9.17) is 4.74 Å². The van der Waals surface area contributed by atoms with Crippen molar-refractivity contribution in [1.29, 1.82) is 0 Å². The Kier molecular flexibility index (Phi) is 7.58. The van der Waals surface area contributed by atoms with E-state index in [0.717, 1.165) is 16.7 Å². The number of rotatable bonds is 9. The average Bonchev–Trinajstić information content (AvgIpc) is 2.78. The van der Waals surface area contributed by atoms with Crippen molar-refractivity contribution in [3.05, 3.63) is 108 Å². The summed E-state index contributed by atoms with van der Waals surface area (Å²) < 4.78 is 5.27. The molecule has 3 aromatic rings. The first-order valence-electron chi connectivity index (χ1n) is 9.81. The summed E-state index contributed by atoms with van der Waals surface area (Å²) in [6, 6.07) is 29.0. The average molecular weight is 387 g/mol. The summed E-state index contributed by atoms with van der Waals surface area (Å²) in [7, 11) is 0. The van der Waals surface area contributed by atoms with Crippen LogP contribution in [0.3, 0.4) is 0 Å². The van der Waals surface area contributed by atoms with Gasteiger partial charge >= 0.3 is 5.97 Å². The van der Waals surface area contributed by atoms with Crippen molar-refractivity contribution in [2.75, 3.05) is 6.54 Å². The van der Waals surface area contributed by atoms with Crippen LogP contribution in [0.4, 0.5) is 0 Å². The molecule has 0 bridgehead atoms. The Balaban J connectivity index is 1.48. The molecule has 0 fully saturated rings. The van der Waals surface area contributed by atoms with Crippen LogP contribution in [0.5, 0.6) is 0 Å². The minimum absolute atomic E-state index is 0.0694. The van der Waals surface area contributed by atoms with Crippen molar-refractivity contribution in [3.8, 4) is 0 Å². The lowest BCUT2D eigenvalue weighted by molar-refractivity contribution is -0.145. The molecule has 0 aromatic heterocycles. The number of nitrogens with one attached hydrogen (secondary N) is 1. The lowest BCUT2D eigenvalue weighted by atomic mass is 9.90. The van der Waals surface area contributed by atoms with E-state index in [1.54, 1.807) is 0 Å². The second-order valence-electron chi connectivity index (χ2n) is 6.80. The molecule has 4 heteroatoms. The number of carbonyl (C=O) groups excluding carboxylic acids is 2. The Morgan fingerprint density at radius 3 is 1.83 bits per heavy atom. The lowest BCUT2D eigenvalue weighted by Crippen LogP contribution is -2.31. The van der Waals surface area contributed by atoms with Gasteiger partial charge in [0.25, 0.3) is 0 Å². The summed E-state index contributed by atoms with van der Waals surface area (Å²) in [5.74, 6) is -0.701. The smallest absolute Gasteiger partial charge is 0.306 e. The van der Waals surface area contributed by atoms with E-state index >= 15 is 0 Å². The maximum atomic E-state index is 12.9. The fourth-order valence-corrected chi connectivity index (χ4v) is 3.14. The fourth-order valence-electron chi connectivity index (χ4n) is 3.14. The van der Waals surface area contributed by atoms with Crippen LogP contribution in [0.2, 0.25) is 0 Å². The number of ether oxygens (including phenoxy) is 1. The monoisotopic (exact) mass is 387 g/mol. The van der Waals surface area contributed by atoms with Gasteiger partial charge < -0.3 is 10.1 Å². The van der Waals surface area contributed by atoms with Crippen LogP contribution in [0.25, 0.3) is 0 Å². The highest BCUT2D eigenvalue weighted by molar-refractivity contribution is 5.87. The van der Waals surface area contributed by atoms with Gasteiger partial charge in [0, 0.05) is 13.0 Å². The molecule has 0 spiro atoms. The first-order chi connectivity index (χ1) is 14.2. The molecule has 0 radical (unpaired) electrons. The molecule has 0 atom stereocenters. The zero-order chi connectivity index (χ0) is 20.3. The molecule has 3 rings (SSSR count). The zero-order valence-electron chi connectivity index (χ0n) is 16.3. The van der Waals surface area contributed by atoms with Crippen LogP contribution in [0.1, 0.15) is 35.4 Å². The van der Waals surface area contributed by atoms with Gasteiger partial charge in [-0.05, 0) is 23.1 Å². The van der Waals surface area contributed by atoms with E-state index in [0.29, 0.717) is 13.0 Å². The van der Waals surface area contributed by atoms with E-state index in [-0.39, 0.29) is 30.8 Å². The van der Waals surface area contributed by atoms with Gasteiger partial charge in [-0.25, -0.2) is 0 Å². The fraction of sp³-hybridized carbons (Fsp3) is 0.200. The van der Waals surface area contributed by atoms with Gasteiger partial charge in [-0.15, -0.1) is 0 Å². The Morgan fingerprint density at radius 1 is 0.759 bits per heavy atom. The summed E-state index contributed by atoms with van der Waals surface area (Å²) in [5, 5.41) is 2.96. The molecular formula is C25H25NO3. The van der Waals surface area contributed by atoms with Crippen LogP contribution >= 0.6 is 0 Å². The molecule has 4 nitrogen and oxygen atoms in total. The molecule has 0 unspecified atom stereocenters. The van der Waals surface area contributed by atoms with E-state index in [2.05, 4.69) is 5.32 Å². The Morgan fingerprint density at radius 2 is 1.28 bits per heavy atom. The van der Waals surface area contributed by atoms with Crippen molar-refractivity contribution >= 4 is 11.9 Å². The number of hydrogen-bond donors (Lipinski definition) is 1. The predicted molar refractivity (Wildman–Crippen MR) is 113 cm³/mol. The highest BCUT2D eigenvalue weighted by Gasteiger charge is 2.22. The highest BCUT2D eigenvalue weighted by Crippen LogP contribution is 2.24. The molecule has 1 amide bonds. The maximum absolute atomic E-state index is 12.9. The quantitative estimate of drug-likeness (QED) is 0.436. The minimum Gasteiger partial charge on any atom is -0.461 e. The van der Waals surface area contributed by atoms with Gasteiger partial charge in [0.1, 0.15) is 6.61 Å². The van der Waals surface area contributed by atoms with Crippen molar-refractivity contribution in [2.24, 2.45) is 0 Å². The Labute approximate surface area is 171 Å². The van der Waals surface area contributed by atoms with Crippen LogP contribution in [0, 0.1) is 0 Å². The summed E-state index contributed by atoms with van der Waals surface area (Å²) in [6.07, 6.45) is 0.810. The number of esters is 1. The molecule has 0 heterocycles. The van der Waals surface area contributed by atoms with Crippen molar-refractivity contribution in [2.45, 2.75) is 25.4 Å². The molecule has 3 aromatic carbocycles. The molecule has 0 aliphatic rings. The summed E-state index contributed by atoms with van der Waals surface area (Å²) in [6.45, 7) is 0.700. The third-order valence-corrected chi connectivity index (χ3v) is 4.63. The zero-order valence-corrected chi connectivity index (χ0v) is 16.3. The van der Waals surface area contributed by atoms with Crippen LogP contribution in [-0.2, 0) is 20.9 Å². The Bertz CT molecular complexity index is 856. The van der Waals surface area contributed by atoms with Gasteiger partial charge in [-0.2, -0.15) is 0 Å². The maximum Gasteiger partial charge on any atom is 0.306 e.